The summed E-state index contributed by atoms with van der Waals surface area (Å²) in [6.07, 6.45) is 2.34. The van der Waals surface area contributed by atoms with Crippen LogP contribution in [0.4, 0.5) is 5.82 Å². The first-order valence-corrected chi connectivity index (χ1v) is 12.7. The van der Waals surface area contributed by atoms with Crippen LogP contribution < -0.4 is 22.3 Å². The number of benzene rings is 2. The van der Waals surface area contributed by atoms with Crippen LogP contribution in [0, 0.1) is 0 Å². The monoisotopic (exact) mass is 503 g/mol. The van der Waals surface area contributed by atoms with Gasteiger partial charge in [0, 0.05) is 13.1 Å². The number of nitrogen functional groups attached to an aromatic ring is 1. The fourth-order valence-corrected chi connectivity index (χ4v) is 4.82. The van der Waals surface area contributed by atoms with Gasteiger partial charge in [-0.1, -0.05) is 67.1 Å². The second-order valence-corrected chi connectivity index (χ2v) is 9.27. The highest BCUT2D eigenvalue weighted by Crippen LogP contribution is 2.19. The third-order valence-corrected chi connectivity index (χ3v) is 6.82. The van der Waals surface area contributed by atoms with Crippen LogP contribution in [0.5, 0.6) is 0 Å². The molecule has 1 fully saturated rings. The van der Waals surface area contributed by atoms with E-state index in [1.165, 1.54) is 4.57 Å². The zero-order valence-electron chi connectivity index (χ0n) is 21.1. The summed E-state index contributed by atoms with van der Waals surface area (Å²) in [5, 5.41) is 2.97. The molecule has 1 aliphatic rings. The van der Waals surface area contributed by atoms with Gasteiger partial charge in [-0.15, -0.1) is 0 Å². The second-order valence-electron chi connectivity index (χ2n) is 9.27. The normalized spacial score (nSPS) is 15.9. The van der Waals surface area contributed by atoms with Crippen LogP contribution in [0.2, 0.25) is 0 Å². The number of ketones is 1. The number of nitrogens with one attached hydrogen (secondary N) is 1. The summed E-state index contributed by atoms with van der Waals surface area (Å²) in [6.45, 7) is 2.76. The lowest BCUT2D eigenvalue weighted by atomic mass is 10.00. The Bertz CT molecular complexity index is 1370. The van der Waals surface area contributed by atoms with Gasteiger partial charge in [0.1, 0.15) is 11.4 Å². The predicted octanol–water partition coefficient (Wildman–Crippen LogP) is 2.01. The highest BCUT2D eigenvalue weighted by atomic mass is 16.2. The number of piperidine rings is 1. The van der Waals surface area contributed by atoms with Gasteiger partial charge in [0.2, 0.25) is 5.91 Å². The number of rotatable bonds is 9. The molecule has 1 saturated heterocycles. The van der Waals surface area contributed by atoms with Crippen LogP contribution in [0.1, 0.15) is 47.7 Å². The van der Waals surface area contributed by atoms with Crippen molar-refractivity contribution in [3.63, 3.8) is 0 Å². The molecule has 1 aliphatic heterocycles. The van der Waals surface area contributed by atoms with Crippen LogP contribution in [0.15, 0.2) is 70.3 Å². The van der Waals surface area contributed by atoms with Crippen LogP contribution in [-0.4, -0.2) is 44.9 Å². The van der Waals surface area contributed by atoms with Gasteiger partial charge in [-0.2, -0.15) is 0 Å². The van der Waals surface area contributed by atoms with Gasteiger partial charge < -0.3 is 11.1 Å². The van der Waals surface area contributed by atoms with Crippen molar-refractivity contribution in [3.8, 4) is 0 Å². The van der Waals surface area contributed by atoms with Crippen LogP contribution >= 0.6 is 0 Å². The van der Waals surface area contributed by atoms with E-state index in [1.54, 1.807) is 6.92 Å². The topological polar surface area (TPSA) is 119 Å². The first kappa shape index (κ1) is 26.1. The zero-order valence-corrected chi connectivity index (χ0v) is 21.1. The summed E-state index contributed by atoms with van der Waals surface area (Å²) in [5.41, 5.74) is 6.66. The number of anilines is 1. The van der Waals surface area contributed by atoms with Crippen molar-refractivity contribution in [2.75, 3.05) is 18.8 Å². The fraction of sp³-hybridized carbons (Fsp3) is 0.357. The number of carbonyl (C=O) groups is 2. The van der Waals surface area contributed by atoms with Gasteiger partial charge in [-0.3, -0.25) is 28.4 Å². The van der Waals surface area contributed by atoms with E-state index in [4.69, 9.17) is 5.73 Å². The smallest absolute Gasteiger partial charge is 0.332 e. The third-order valence-electron chi connectivity index (χ3n) is 6.82. The Labute approximate surface area is 215 Å². The van der Waals surface area contributed by atoms with E-state index in [0.717, 1.165) is 28.5 Å². The van der Waals surface area contributed by atoms with Crippen LogP contribution in [0.3, 0.4) is 0 Å². The molecule has 9 nitrogen and oxygen atoms in total. The summed E-state index contributed by atoms with van der Waals surface area (Å²) in [4.78, 5) is 54.5. The largest absolute Gasteiger partial charge is 0.384 e. The van der Waals surface area contributed by atoms with E-state index < -0.39 is 23.1 Å². The quantitative estimate of drug-likeness (QED) is 0.431. The fourth-order valence-electron chi connectivity index (χ4n) is 4.82. The number of hydrogen-bond acceptors (Lipinski definition) is 6. The van der Waals surface area contributed by atoms with Gasteiger partial charge in [0.25, 0.3) is 5.56 Å². The van der Waals surface area contributed by atoms with Crippen molar-refractivity contribution >= 4 is 17.5 Å². The molecule has 0 bridgehead atoms. The predicted molar refractivity (Wildman–Crippen MR) is 142 cm³/mol. The van der Waals surface area contributed by atoms with Gasteiger partial charge in [-0.25, -0.2) is 4.79 Å². The van der Waals surface area contributed by atoms with Crippen molar-refractivity contribution < 1.29 is 9.59 Å². The molecule has 2 heterocycles. The van der Waals surface area contributed by atoms with Crippen molar-refractivity contribution in [2.24, 2.45) is 0 Å². The third kappa shape index (κ3) is 5.89. The molecule has 1 unspecified atom stereocenters. The van der Waals surface area contributed by atoms with Gasteiger partial charge in [0.05, 0.1) is 19.1 Å². The molecule has 2 aromatic carbocycles. The van der Waals surface area contributed by atoms with Crippen molar-refractivity contribution in [3.05, 3.63) is 98.2 Å². The molecule has 194 valence electrons. The number of nitrogens with two attached hydrogens (primary N) is 1. The van der Waals surface area contributed by atoms with Gasteiger partial charge in [-0.05, 0) is 37.4 Å². The molecule has 37 heavy (non-hydrogen) atoms. The Morgan fingerprint density at radius 1 is 0.946 bits per heavy atom. The Hall–Kier alpha value is -3.98. The van der Waals surface area contributed by atoms with E-state index in [0.29, 0.717) is 19.5 Å². The average molecular weight is 504 g/mol. The summed E-state index contributed by atoms with van der Waals surface area (Å²) in [7, 11) is 0. The number of hydrogen-bond donors (Lipinski definition) is 2. The van der Waals surface area contributed by atoms with Gasteiger partial charge >= 0.3 is 5.69 Å². The lowest BCUT2D eigenvalue weighted by Crippen LogP contribution is -2.52. The minimum Gasteiger partial charge on any atom is -0.384 e. The molecule has 0 saturated carbocycles. The van der Waals surface area contributed by atoms with E-state index in [1.807, 2.05) is 65.6 Å². The number of nitrogens with zero attached hydrogens (tertiary/aromatic N) is 3. The minimum absolute atomic E-state index is 0.112. The van der Waals surface area contributed by atoms with E-state index in [9.17, 15) is 19.2 Å². The van der Waals surface area contributed by atoms with E-state index >= 15 is 0 Å². The number of carbonyl (C=O) groups excluding carboxylic acids is 2. The number of likely N-dealkylation sites (tertiary alicyclic amines) is 1. The minimum atomic E-state index is -0.693. The second kappa shape index (κ2) is 11.8. The molecule has 9 heteroatoms. The highest BCUT2D eigenvalue weighted by Gasteiger charge is 2.32. The summed E-state index contributed by atoms with van der Waals surface area (Å²) < 4.78 is 2.31. The summed E-state index contributed by atoms with van der Waals surface area (Å²) >= 11 is 0. The molecule has 3 aromatic rings. The maximum Gasteiger partial charge on any atom is 0.332 e. The first-order chi connectivity index (χ1) is 17.9. The maximum absolute atomic E-state index is 13.5. The van der Waals surface area contributed by atoms with Crippen molar-refractivity contribution in [1.82, 2.24) is 19.4 Å². The lowest BCUT2D eigenvalue weighted by Gasteiger charge is -2.34. The Balaban J connectivity index is 1.58. The number of aromatic nitrogens is 2. The van der Waals surface area contributed by atoms with Crippen molar-refractivity contribution in [1.29, 1.82) is 0 Å². The van der Waals surface area contributed by atoms with E-state index in [2.05, 4.69) is 5.32 Å². The highest BCUT2D eigenvalue weighted by molar-refractivity contribution is 6.01. The molecular weight excluding hydrogens is 470 g/mol. The Kier molecular flexibility index (Phi) is 8.35. The molecule has 1 amide bonds. The Morgan fingerprint density at radius 2 is 1.59 bits per heavy atom. The van der Waals surface area contributed by atoms with Gasteiger partial charge in [0.15, 0.2) is 5.78 Å². The molecule has 0 aliphatic carbocycles. The Morgan fingerprint density at radius 3 is 2.24 bits per heavy atom. The molecule has 3 N–H and O–H groups in total. The maximum atomic E-state index is 13.5. The molecule has 4 rings (SSSR count). The summed E-state index contributed by atoms with van der Waals surface area (Å²) in [6, 6.07) is 18.4. The molecule has 0 radical (unpaired) electrons. The lowest BCUT2D eigenvalue weighted by molar-refractivity contribution is -0.127. The molecular formula is C28H33N5O4. The van der Waals surface area contributed by atoms with Crippen molar-refractivity contribution in [2.45, 2.75) is 51.9 Å². The molecule has 1 aromatic heterocycles. The molecule has 0 spiro atoms. The standard InChI is InChI=1S/C28H33N5O4/c1-2-32-27(36)24(25(29)33(28(32)37)18-21-13-7-4-8-14-21)23(34)19-31-16-10-9-15-22(31)26(35)30-17-20-11-5-3-6-12-20/h3-8,11-14,22H,2,9-10,15-19,29H2,1H3,(H,30,35). The SMILES string of the molecule is CCn1c(=O)c(C(=O)CN2CCCCC2C(=O)NCc2ccccc2)c(N)n(Cc2ccccc2)c1=O. The zero-order chi connectivity index (χ0) is 26.4. The van der Waals surface area contributed by atoms with Crippen LogP contribution in [-0.2, 0) is 24.4 Å². The van der Waals surface area contributed by atoms with Crippen LogP contribution in [0.25, 0.3) is 0 Å². The summed E-state index contributed by atoms with van der Waals surface area (Å²) in [5.74, 6) is -0.783. The number of Topliss-reactive ketones (excluding diaryl/α,β-unsaturated/α-hetero) is 1. The average Bonchev–Trinajstić information content (AvgIpc) is 2.91. The number of amides is 1. The molecule has 1 atom stereocenters. The first-order valence-electron chi connectivity index (χ1n) is 12.7. The van der Waals surface area contributed by atoms with E-state index in [-0.39, 0.29) is 36.9 Å².